The molecule has 0 unspecified atom stereocenters. The number of hydrogen-bond donors (Lipinski definition) is 1. The van der Waals surface area contributed by atoms with Gasteiger partial charge in [-0.05, 0) is 37.3 Å². The monoisotopic (exact) mass is 451 g/mol. The lowest BCUT2D eigenvalue weighted by Gasteiger charge is -2.21. The van der Waals surface area contributed by atoms with Crippen molar-refractivity contribution in [3.8, 4) is 0 Å². The third-order valence-corrected chi connectivity index (χ3v) is 6.64. The standard InChI is InChI=1S/C24H25N3O4S/c1-16(2)24(28)27-22(23-14-13-17(3)31-23)15-21(25-27)19-11-7-8-12-20(19)26-32(29,30)18-9-5-4-6-10-18/h4-14,16,22,26H,15H2,1-3H3/t22-/m1/s1. The molecule has 0 fully saturated rings. The van der Waals surface area contributed by atoms with E-state index in [2.05, 4.69) is 9.82 Å². The topological polar surface area (TPSA) is 92.0 Å². The molecule has 1 atom stereocenters. The minimum Gasteiger partial charge on any atom is -0.464 e. The Morgan fingerprint density at radius 2 is 1.75 bits per heavy atom. The second-order valence-electron chi connectivity index (χ2n) is 8.02. The molecular weight excluding hydrogens is 426 g/mol. The molecular formula is C24H25N3O4S. The first-order chi connectivity index (χ1) is 15.3. The highest BCUT2D eigenvalue weighted by Crippen LogP contribution is 2.36. The van der Waals surface area contributed by atoms with Crippen LogP contribution in [0.4, 0.5) is 5.69 Å². The first-order valence-electron chi connectivity index (χ1n) is 10.4. The molecule has 0 saturated carbocycles. The first kappa shape index (κ1) is 21.8. The lowest BCUT2D eigenvalue weighted by molar-refractivity contribution is -0.136. The summed E-state index contributed by atoms with van der Waals surface area (Å²) in [5.74, 6) is 1.03. The zero-order valence-corrected chi connectivity index (χ0v) is 19.0. The van der Waals surface area contributed by atoms with E-state index in [1.54, 1.807) is 36.4 Å². The fourth-order valence-corrected chi connectivity index (χ4v) is 4.72. The van der Waals surface area contributed by atoms with Crippen molar-refractivity contribution in [3.05, 3.63) is 83.8 Å². The number of rotatable bonds is 6. The minimum absolute atomic E-state index is 0.124. The summed E-state index contributed by atoms with van der Waals surface area (Å²) in [6.07, 6.45) is 0.412. The molecule has 1 aliphatic rings. The number of carbonyl (C=O) groups excluding carboxylic acids is 1. The summed E-state index contributed by atoms with van der Waals surface area (Å²) in [7, 11) is -3.78. The average Bonchev–Trinajstić information content (AvgIpc) is 3.40. The number of furan rings is 1. The summed E-state index contributed by atoms with van der Waals surface area (Å²) in [6.45, 7) is 5.49. The number of hydrogen-bond acceptors (Lipinski definition) is 5. The van der Waals surface area contributed by atoms with Crippen molar-refractivity contribution in [1.82, 2.24) is 5.01 Å². The number of aryl methyl sites for hydroxylation is 1. The van der Waals surface area contributed by atoms with Gasteiger partial charge in [0.25, 0.3) is 10.0 Å². The number of nitrogens with zero attached hydrogens (tertiary/aromatic N) is 2. The van der Waals surface area contributed by atoms with Crippen LogP contribution in [0.5, 0.6) is 0 Å². The molecule has 1 N–H and O–H groups in total. The van der Waals surface area contributed by atoms with Crippen molar-refractivity contribution in [1.29, 1.82) is 0 Å². The number of hydrazone groups is 1. The molecule has 32 heavy (non-hydrogen) atoms. The van der Waals surface area contributed by atoms with E-state index >= 15 is 0 Å². The summed E-state index contributed by atoms with van der Waals surface area (Å²) in [5, 5.41) is 6.07. The molecule has 2 aromatic carbocycles. The van der Waals surface area contributed by atoms with E-state index < -0.39 is 10.0 Å². The molecule has 1 amide bonds. The quantitative estimate of drug-likeness (QED) is 0.587. The van der Waals surface area contributed by atoms with Crippen LogP contribution in [0.25, 0.3) is 0 Å². The Hall–Kier alpha value is -3.39. The lowest BCUT2D eigenvalue weighted by Crippen LogP contribution is -2.30. The number of benzene rings is 2. The number of nitrogens with one attached hydrogen (secondary N) is 1. The third-order valence-electron chi connectivity index (χ3n) is 5.26. The molecule has 0 saturated heterocycles. The molecule has 0 spiro atoms. The Balaban J connectivity index is 1.71. The van der Waals surface area contributed by atoms with Crippen molar-refractivity contribution in [2.24, 2.45) is 11.0 Å². The van der Waals surface area contributed by atoms with Gasteiger partial charge in [-0.25, -0.2) is 13.4 Å². The van der Waals surface area contributed by atoms with Crippen LogP contribution < -0.4 is 4.72 Å². The van der Waals surface area contributed by atoms with Crippen LogP contribution >= 0.6 is 0 Å². The van der Waals surface area contributed by atoms with Gasteiger partial charge in [0.1, 0.15) is 17.6 Å². The molecule has 1 aliphatic heterocycles. The molecule has 2 heterocycles. The van der Waals surface area contributed by atoms with Crippen molar-refractivity contribution >= 4 is 27.3 Å². The van der Waals surface area contributed by atoms with E-state index in [9.17, 15) is 13.2 Å². The first-order valence-corrected chi connectivity index (χ1v) is 11.9. The average molecular weight is 452 g/mol. The summed E-state index contributed by atoms with van der Waals surface area (Å²) >= 11 is 0. The maximum absolute atomic E-state index is 12.9. The molecule has 8 heteroatoms. The largest absolute Gasteiger partial charge is 0.464 e. The van der Waals surface area contributed by atoms with Gasteiger partial charge in [-0.1, -0.05) is 50.2 Å². The van der Waals surface area contributed by atoms with Crippen LogP contribution in [0.2, 0.25) is 0 Å². The molecule has 3 aromatic rings. The van der Waals surface area contributed by atoms with Crippen molar-refractivity contribution in [2.75, 3.05) is 4.72 Å². The second kappa shape index (κ2) is 8.63. The molecule has 4 rings (SSSR count). The number of amides is 1. The van der Waals surface area contributed by atoms with Gasteiger partial charge in [-0.15, -0.1) is 0 Å². The highest BCUT2D eigenvalue weighted by Gasteiger charge is 2.36. The molecule has 1 aromatic heterocycles. The molecule has 0 aliphatic carbocycles. The van der Waals surface area contributed by atoms with Crippen LogP contribution in [0.3, 0.4) is 0 Å². The maximum Gasteiger partial charge on any atom is 0.261 e. The number of carbonyl (C=O) groups is 1. The van der Waals surface area contributed by atoms with Gasteiger partial charge < -0.3 is 4.42 Å². The Morgan fingerprint density at radius 1 is 1.06 bits per heavy atom. The maximum atomic E-state index is 12.9. The summed E-state index contributed by atoms with van der Waals surface area (Å²) in [6, 6.07) is 18.6. The van der Waals surface area contributed by atoms with Gasteiger partial charge in [0.15, 0.2) is 0 Å². The predicted molar refractivity (Wildman–Crippen MR) is 123 cm³/mol. The number of anilines is 1. The van der Waals surface area contributed by atoms with Gasteiger partial charge >= 0.3 is 0 Å². The van der Waals surface area contributed by atoms with E-state index in [1.807, 2.05) is 39.0 Å². The number of para-hydroxylation sites is 1. The highest BCUT2D eigenvalue weighted by atomic mass is 32.2. The van der Waals surface area contributed by atoms with Gasteiger partial charge in [0.05, 0.1) is 16.3 Å². The lowest BCUT2D eigenvalue weighted by atomic mass is 10.0. The Kier molecular flexibility index (Phi) is 5.88. The van der Waals surface area contributed by atoms with Crippen LogP contribution in [0, 0.1) is 12.8 Å². The van der Waals surface area contributed by atoms with E-state index in [0.29, 0.717) is 29.1 Å². The van der Waals surface area contributed by atoms with E-state index in [1.165, 1.54) is 17.1 Å². The number of sulfonamides is 1. The van der Waals surface area contributed by atoms with Crippen molar-refractivity contribution in [2.45, 2.75) is 38.1 Å². The van der Waals surface area contributed by atoms with Crippen molar-refractivity contribution in [3.63, 3.8) is 0 Å². The fraction of sp³-hybridized carbons (Fsp3) is 0.250. The fourth-order valence-electron chi connectivity index (χ4n) is 3.62. The molecule has 166 valence electrons. The molecule has 7 nitrogen and oxygen atoms in total. The van der Waals surface area contributed by atoms with E-state index in [-0.39, 0.29) is 22.8 Å². The van der Waals surface area contributed by atoms with Gasteiger partial charge in [0.2, 0.25) is 5.91 Å². The zero-order chi connectivity index (χ0) is 22.9. The summed E-state index contributed by atoms with van der Waals surface area (Å²) < 4.78 is 34.2. The van der Waals surface area contributed by atoms with Crippen LogP contribution in [0.1, 0.15) is 43.4 Å². The van der Waals surface area contributed by atoms with Gasteiger partial charge in [-0.2, -0.15) is 5.10 Å². The molecule has 0 bridgehead atoms. The van der Waals surface area contributed by atoms with E-state index in [0.717, 1.165) is 5.76 Å². The Labute approximate surface area is 187 Å². The highest BCUT2D eigenvalue weighted by molar-refractivity contribution is 7.92. The predicted octanol–water partition coefficient (Wildman–Crippen LogP) is 4.72. The third kappa shape index (κ3) is 4.31. The van der Waals surface area contributed by atoms with Gasteiger partial charge in [-0.3, -0.25) is 9.52 Å². The van der Waals surface area contributed by atoms with Gasteiger partial charge in [0, 0.05) is 17.9 Å². The van der Waals surface area contributed by atoms with Crippen LogP contribution in [-0.4, -0.2) is 25.0 Å². The Bertz CT molecular complexity index is 1260. The molecule has 0 radical (unpaired) electrons. The normalized spacial score (nSPS) is 16.3. The summed E-state index contributed by atoms with van der Waals surface area (Å²) in [4.78, 5) is 13.0. The van der Waals surface area contributed by atoms with E-state index in [4.69, 9.17) is 4.42 Å². The van der Waals surface area contributed by atoms with Crippen LogP contribution in [0.15, 0.2) is 81.1 Å². The zero-order valence-electron chi connectivity index (χ0n) is 18.1. The Morgan fingerprint density at radius 3 is 2.41 bits per heavy atom. The van der Waals surface area contributed by atoms with Crippen molar-refractivity contribution < 1.29 is 17.6 Å². The smallest absolute Gasteiger partial charge is 0.261 e. The summed E-state index contributed by atoms with van der Waals surface area (Å²) in [5.41, 5.74) is 1.65. The second-order valence-corrected chi connectivity index (χ2v) is 9.70. The minimum atomic E-state index is -3.78. The van der Waals surface area contributed by atoms with Crippen LogP contribution in [-0.2, 0) is 14.8 Å². The SMILES string of the molecule is Cc1ccc([C@H]2CC(c3ccccc3NS(=O)(=O)c3ccccc3)=NN2C(=O)C(C)C)o1.